The fourth-order valence-electron chi connectivity index (χ4n) is 5.20. The quantitative estimate of drug-likeness (QED) is 0.828. The van der Waals surface area contributed by atoms with Crippen molar-refractivity contribution >= 4 is 33.4 Å². The predicted octanol–water partition coefficient (Wildman–Crippen LogP) is 2.54. The zero-order valence-electron chi connectivity index (χ0n) is 15.5. The summed E-state index contributed by atoms with van der Waals surface area (Å²) in [5.41, 5.74) is 1.06. The maximum Gasteiger partial charge on any atom is 0.237 e. The molecule has 1 aliphatic carbocycles. The fourth-order valence-corrected chi connectivity index (χ4v) is 6.36. The fraction of sp³-hybridized carbons (Fsp3) is 0.571. The first kappa shape index (κ1) is 17.3. The Balaban J connectivity index is 1.39. The summed E-state index contributed by atoms with van der Waals surface area (Å²) < 4.78 is 1.22. The molecule has 0 spiro atoms. The number of amides is 2. The van der Waals surface area contributed by atoms with Crippen LogP contribution in [0.15, 0.2) is 24.3 Å². The van der Waals surface area contributed by atoms with E-state index in [1.807, 2.05) is 6.07 Å². The van der Waals surface area contributed by atoms with Crippen LogP contribution in [0, 0.1) is 11.8 Å². The van der Waals surface area contributed by atoms with Crippen LogP contribution in [0.4, 0.5) is 0 Å². The molecule has 2 saturated heterocycles. The molecule has 3 aliphatic rings. The largest absolute Gasteiger partial charge is 0.309 e. The van der Waals surface area contributed by atoms with Gasteiger partial charge in [-0.1, -0.05) is 25.0 Å². The number of thiazole rings is 1. The van der Waals surface area contributed by atoms with E-state index in [0.29, 0.717) is 12.7 Å². The van der Waals surface area contributed by atoms with Gasteiger partial charge in [-0.15, -0.1) is 11.3 Å². The van der Waals surface area contributed by atoms with Crippen LogP contribution in [-0.4, -0.2) is 34.9 Å². The molecule has 3 heterocycles. The van der Waals surface area contributed by atoms with E-state index in [2.05, 4.69) is 18.2 Å². The Morgan fingerprint density at radius 1 is 1.00 bits per heavy atom. The summed E-state index contributed by atoms with van der Waals surface area (Å²) in [6.07, 6.45) is 7.37. The highest BCUT2D eigenvalue weighted by molar-refractivity contribution is 7.18. The van der Waals surface area contributed by atoms with Crippen LogP contribution in [0.25, 0.3) is 10.2 Å². The Hall–Kier alpha value is -1.79. The van der Waals surface area contributed by atoms with E-state index < -0.39 is 0 Å². The first-order valence-electron chi connectivity index (χ1n) is 10.3. The maximum atomic E-state index is 12.9. The Morgan fingerprint density at radius 3 is 2.44 bits per heavy atom. The van der Waals surface area contributed by atoms with Crippen LogP contribution in [-0.2, 0) is 9.59 Å². The average Bonchev–Trinajstić information content (AvgIpc) is 3.24. The van der Waals surface area contributed by atoms with Crippen LogP contribution >= 0.6 is 11.3 Å². The molecule has 2 amide bonds. The lowest BCUT2D eigenvalue weighted by atomic mass is 9.81. The van der Waals surface area contributed by atoms with Crippen molar-refractivity contribution in [3.8, 4) is 0 Å². The molecule has 5 nitrogen and oxygen atoms in total. The second-order valence-corrected chi connectivity index (χ2v) is 9.30. The van der Waals surface area contributed by atoms with Crippen LogP contribution in [0.3, 0.4) is 0 Å². The zero-order chi connectivity index (χ0) is 18.4. The van der Waals surface area contributed by atoms with Gasteiger partial charge in [-0.05, 0) is 37.8 Å². The highest BCUT2D eigenvalue weighted by Crippen LogP contribution is 2.37. The number of carbonyl (C=O) groups excluding carboxylic acids is 2. The molecule has 1 aromatic carbocycles. The summed E-state index contributed by atoms with van der Waals surface area (Å²) in [4.78, 5) is 33.6. The van der Waals surface area contributed by atoms with Gasteiger partial charge in [0.1, 0.15) is 6.04 Å². The number of hydrogen-bond donors (Lipinski definition) is 1. The Labute approximate surface area is 163 Å². The number of fused-ring (bicyclic) bond motifs is 2. The first-order valence-corrected chi connectivity index (χ1v) is 11.1. The number of nitrogens with one attached hydrogen (secondary N) is 1. The van der Waals surface area contributed by atoms with E-state index in [9.17, 15) is 9.59 Å². The van der Waals surface area contributed by atoms with Crippen molar-refractivity contribution in [2.24, 2.45) is 11.8 Å². The summed E-state index contributed by atoms with van der Waals surface area (Å²) in [5, 5.41) is 1.16. The maximum absolute atomic E-state index is 12.9. The molecule has 142 valence electrons. The van der Waals surface area contributed by atoms with Gasteiger partial charge in [0, 0.05) is 6.42 Å². The number of para-hydroxylation sites is 1. The third-order valence-electron chi connectivity index (χ3n) is 6.64. The molecule has 3 fully saturated rings. The molecule has 5 rings (SSSR count). The number of likely N-dealkylation sites (tertiary alicyclic amines) is 2. The lowest BCUT2D eigenvalue weighted by molar-refractivity contribution is -0.943. The topological polar surface area (TPSA) is 54.7 Å². The van der Waals surface area contributed by atoms with E-state index in [1.54, 1.807) is 16.2 Å². The Morgan fingerprint density at radius 2 is 1.70 bits per heavy atom. The van der Waals surface area contributed by atoms with Gasteiger partial charge < -0.3 is 4.90 Å². The number of piperidine rings is 1. The summed E-state index contributed by atoms with van der Waals surface area (Å²) in [6, 6.07) is 8.56. The minimum absolute atomic E-state index is 0.0451. The summed E-state index contributed by atoms with van der Waals surface area (Å²) in [6.45, 7) is 1.53. The zero-order valence-corrected chi connectivity index (χ0v) is 16.3. The van der Waals surface area contributed by atoms with Crippen LogP contribution in [0.5, 0.6) is 0 Å². The van der Waals surface area contributed by atoms with Gasteiger partial charge in [-0.2, -0.15) is 0 Å². The normalized spacial score (nSPS) is 31.5. The van der Waals surface area contributed by atoms with Crippen molar-refractivity contribution < 1.29 is 14.5 Å². The Kier molecular flexibility index (Phi) is 4.48. The number of aromatic nitrogens is 1. The van der Waals surface area contributed by atoms with E-state index >= 15 is 0 Å². The van der Waals surface area contributed by atoms with Crippen molar-refractivity contribution in [2.45, 2.75) is 51.0 Å². The third kappa shape index (κ3) is 2.99. The third-order valence-corrected chi connectivity index (χ3v) is 7.79. The van der Waals surface area contributed by atoms with Crippen molar-refractivity contribution in [1.29, 1.82) is 0 Å². The van der Waals surface area contributed by atoms with Gasteiger partial charge >= 0.3 is 0 Å². The SMILES string of the molecule is O=C1[C@H]2CCCC[C@H]2C(=O)N1C[NH+]1CCCC[C@@H]1c1nc2ccccc2s1. The minimum atomic E-state index is -0.0451. The molecule has 0 bridgehead atoms. The van der Waals surface area contributed by atoms with Crippen molar-refractivity contribution in [3.63, 3.8) is 0 Å². The number of rotatable bonds is 3. The molecule has 6 heteroatoms. The van der Waals surface area contributed by atoms with E-state index in [-0.39, 0.29) is 23.7 Å². The van der Waals surface area contributed by atoms with Crippen LogP contribution < -0.4 is 4.90 Å². The van der Waals surface area contributed by atoms with Crippen molar-refractivity contribution in [1.82, 2.24) is 9.88 Å². The number of nitrogens with zero attached hydrogens (tertiary/aromatic N) is 2. The van der Waals surface area contributed by atoms with E-state index in [0.717, 1.165) is 55.6 Å². The molecular formula is C21H26N3O2S+. The number of carbonyl (C=O) groups is 2. The van der Waals surface area contributed by atoms with Crippen molar-refractivity contribution in [2.75, 3.05) is 13.2 Å². The molecule has 1 saturated carbocycles. The Bertz CT molecular complexity index is 822. The smallest absolute Gasteiger partial charge is 0.237 e. The monoisotopic (exact) mass is 384 g/mol. The molecule has 1 N–H and O–H groups in total. The standard InChI is InChI=1S/C21H25N3O2S/c25-20-14-7-1-2-8-15(14)21(26)24(20)13-23-12-6-5-10-17(23)19-22-16-9-3-4-11-18(16)27-19/h3-4,9,11,14-15,17H,1-2,5-8,10,12-13H2/p+1/t14-,15+,17-/m1/s1. The molecule has 4 atom stereocenters. The molecule has 2 aromatic rings. The highest BCUT2D eigenvalue weighted by Gasteiger charge is 2.50. The number of quaternary nitrogens is 1. The number of hydrogen-bond acceptors (Lipinski definition) is 4. The lowest BCUT2D eigenvalue weighted by Crippen LogP contribution is -3.14. The van der Waals surface area contributed by atoms with E-state index in [4.69, 9.17) is 4.98 Å². The summed E-state index contributed by atoms with van der Waals surface area (Å²) in [5.74, 6) is 0.0873. The van der Waals surface area contributed by atoms with Gasteiger partial charge in [-0.3, -0.25) is 9.59 Å². The van der Waals surface area contributed by atoms with Gasteiger partial charge in [0.15, 0.2) is 11.7 Å². The van der Waals surface area contributed by atoms with Crippen LogP contribution in [0.1, 0.15) is 56.0 Å². The van der Waals surface area contributed by atoms with E-state index in [1.165, 1.54) is 16.0 Å². The first-order chi connectivity index (χ1) is 13.2. The average molecular weight is 385 g/mol. The predicted molar refractivity (Wildman–Crippen MR) is 104 cm³/mol. The molecule has 1 unspecified atom stereocenters. The second-order valence-electron chi connectivity index (χ2n) is 8.24. The molecule has 27 heavy (non-hydrogen) atoms. The molecule has 2 aliphatic heterocycles. The minimum Gasteiger partial charge on any atom is -0.309 e. The van der Waals surface area contributed by atoms with Gasteiger partial charge in [0.2, 0.25) is 11.8 Å². The van der Waals surface area contributed by atoms with Crippen molar-refractivity contribution in [3.05, 3.63) is 29.3 Å². The summed E-state index contributed by atoms with van der Waals surface area (Å²) in [7, 11) is 0. The van der Waals surface area contributed by atoms with Crippen LogP contribution in [0.2, 0.25) is 0 Å². The van der Waals surface area contributed by atoms with Gasteiger partial charge in [0.05, 0.1) is 28.6 Å². The molecular weight excluding hydrogens is 358 g/mol. The number of benzene rings is 1. The second kappa shape index (κ2) is 6.99. The van der Waals surface area contributed by atoms with Gasteiger partial charge in [0.25, 0.3) is 0 Å². The summed E-state index contributed by atoms with van der Waals surface area (Å²) >= 11 is 1.77. The lowest BCUT2D eigenvalue weighted by Gasteiger charge is -2.33. The van der Waals surface area contributed by atoms with Gasteiger partial charge in [-0.25, -0.2) is 9.88 Å². The molecule has 1 aromatic heterocycles. The number of imide groups is 1. The highest BCUT2D eigenvalue weighted by atomic mass is 32.1. The molecule has 0 radical (unpaired) electrons.